The minimum absolute atomic E-state index is 0.0883. The van der Waals surface area contributed by atoms with Crippen molar-refractivity contribution >= 4 is 17.7 Å². The third-order valence-electron chi connectivity index (χ3n) is 7.68. The maximum atomic E-state index is 13.1. The summed E-state index contributed by atoms with van der Waals surface area (Å²) in [6.07, 6.45) is 7.85. The van der Waals surface area contributed by atoms with Crippen molar-refractivity contribution in [3.63, 3.8) is 0 Å². The van der Waals surface area contributed by atoms with Gasteiger partial charge < -0.3 is 20.6 Å². The Kier molecular flexibility index (Phi) is 6.70. The Morgan fingerprint density at radius 3 is 2.47 bits per heavy atom. The van der Waals surface area contributed by atoms with Crippen LogP contribution in [0.3, 0.4) is 0 Å². The second-order valence-corrected chi connectivity index (χ2v) is 10.2. The van der Waals surface area contributed by atoms with Crippen LogP contribution >= 0.6 is 0 Å². The van der Waals surface area contributed by atoms with Gasteiger partial charge in [-0.3, -0.25) is 9.59 Å². The second kappa shape index (κ2) is 8.85. The molecule has 0 radical (unpaired) electrons. The van der Waals surface area contributed by atoms with Crippen molar-refractivity contribution in [1.29, 1.82) is 0 Å². The van der Waals surface area contributed by atoms with Gasteiger partial charge in [-0.25, -0.2) is 4.79 Å². The molecular weight excluding hydrogens is 410 g/mol. The SMILES string of the molecule is C/C=C(\C)C1C=CC2CC(C)CC(C)C2C1C(O)=C1C(=O)NC(CC(C)(O)C(=O)O)C1=O. The number of ketones is 1. The summed E-state index contributed by atoms with van der Waals surface area (Å²) in [5.41, 5.74) is -1.41. The van der Waals surface area contributed by atoms with Crippen LogP contribution in [0, 0.1) is 35.5 Å². The van der Waals surface area contributed by atoms with Crippen molar-refractivity contribution in [2.24, 2.45) is 35.5 Å². The second-order valence-electron chi connectivity index (χ2n) is 10.2. The number of carbonyl (C=O) groups excluding carboxylic acids is 2. The van der Waals surface area contributed by atoms with E-state index in [0.29, 0.717) is 11.8 Å². The van der Waals surface area contributed by atoms with Gasteiger partial charge in [-0.1, -0.05) is 37.6 Å². The van der Waals surface area contributed by atoms with Crippen LogP contribution in [0.4, 0.5) is 0 Å². The number of aliphatic hydroxyl groups excluding tert-OH is 1. The van der Waals surface area contributed by atoms with Gasteiger partial charge >= 0.3 is 5.97 Å². The fourth-order valence-corrected chi connectivity index (χ4v) is 5.98. The topological polar surface area (TPSA) is 124 Å². The van der Waals surface area contributed by atoms with Crippen LogP contribution in [0.15, 0.2) is 35.1 Å². The highest BCUT2D eigenvalue weighted by Gasteiger charge is 2.49. The lowest BCUT2D eigenvalue weighted by Crippen LogP contribution is -2.43. The Morgan fingerprint density at radius 1 is 1.22 bits per heavy atom. The summed E-state index contributed by atoms with van der Waals surface area (Å²) in [6, 6.07) is -1.19. The molecule has 0 aromatic carbocycles. The molecule has 8 atom stereocenters. The van der Waals surface area contributed by atoms with Gasteiger partial charge in [0.1, 0.15) is 11.3 Å². The molecule has 2 aliphatic carbocycles. The van der Waals surface area contributed by atoms with Gasteiger partial charge in [0.05, 0.1) is 6.04 Å². The average molecular weight is 446 g/mol. The molecule has 8 unspecified atom stereocenters. The quantitative estimate of drug-likeness (QED) is 0.223. The first-order valence-corrected chi connectivity index (χ1v) is 11.4. The zero-order valence-electron chi connectivity index (χ0n) is 19.5. The van der Waals surface area contributed by atoms with Crippen molar-refractivity contribution in [1.82, 2.24) is 5.32 Å². The zero-order chi connectivity index (χ0) is 24.0. The summed E-state index contributed by atoms with van der Waals surface area (Å²) in [5, 5.41) is 33.2. The molecule has 7 heteroatoms. The summed E-state index contributed by atoms with van der Waals surface area (Å²) in [4.78, 5) is 37.1. The van der Waals surface area contributed by atoms with E-state index in [9.17, 15) is 29.7 Å². The first kappa shape index (κ1) is 24.2. The highest BCUT2D eigenvalue weighted by Crippen LogP contribution is 2.51. The minimum Gasteiger partial charge on any atom is -0.511 e. The summed E-state index contributed by atoms with van der Waals surface area (Å²) in [7, 11) is 0. The number of Topliss-reactive ketones (excluding diaryl/α,β-unsaturated/α-hetero) is 1. The van der Waals surface area contributed by atoms with Gasteiger partial charge in [-0.05, 0) is 57.3 Å². The number of aliphatic carboxylic acids is 1. The summed E-state index contributed by atoms with van der Waals surface area (Å²) in [5.74, 6) is -2.39. The molecule has 2 fully saturated rings. The Morgan fingerprint density at radius 2 is 1.88 bits per heavy atom. The fraction of sp³-hybridized carbons (Fsp3) is 0.640. The maximum absolute atomic E-state index is 13.1. The summed E-state index contributed by atoms with van der Waals surface area (Å²) < 4.78 is 0. The monoisotopic (exact) mass is 445 g/mol. The molecule has 1 aliphatic heterocycles. The Bertz CT molecular complexity index is 898. The number of nitrogens with one attached hydrogen (secondary N) is 1. The number of hydrogen-bond donors (Lipinski definition) is 4. The van der Waals surface area contributed by atoms with Crippen molar-refractivity contribution in [2.45, 2.75) is 65.5 Å². The lowest BCUT2D eigenvalue weighted by Gasteiger charge is -2.47. The van der Waals surface area contributed by atoms with E-state index in [1.54, 1.807) is 0 Å². The van der Waals surface area contributed by atoms with E-state index in [2.05, 4.69) is 31.3 Å². The predicted molar refractivity (Wildman–Crippen MR) is 120 cm³/mol. The number of amides is 1. The normalized spacial score (nSPS) is 38.7. The van der Waals surface area contributed by atoms with Crippen LogP contribution in [0.1, 0.15) is 53.9 Å². The lowest BCUT2D eigenvalue weighted by molar-refractivity contribution is -0.158. The summed E-state index contributed by atoms with van der Waals surface area (Å²) >= 11 is 0. The number of fused-ring (bicyclic) bond motifs is 1. The van der Waals surface area contributed by atoms with Gasteiger partial charge in [-0.15, -0.1) is 0 Å². The van der Waals surface area contributed by atoms with Crippen molar-refractivity contribution < 1.29 is 29.7 Å². The first-order valence-electron chi connectivity index (χ1n) is 11.4. The van der Waals surface area contributed by atoms with E-state index in [1.165, 1.54) is 0 Å². The molecule has 0 aromatic heterocycles. The Hall–Kier alpha value is -2.41. The van der Waals surface area contributed by atoms with Crippen LogP contribution in [-0.4, -0.2) is 44.6 Å². The third-order valence-corrected chi connectivity index (χ3v) is 7.68. The highest BCUT2D eigenvalue weighted by atomic mass is 16.4. The third kappa shape index (κ3) is 4.27. The summed E-state index contributed by atoms with van der Waals surface area (Å²) in [6.45, 7) is 9.40. The van der Waals surface area contributed by atoms with E-state index in [4.69, 9.17) is 0 Å². The van der Waals surface area contributed by atoms with Crippen LogP contribution in [0.25, 0.3) is 0 Å². The predicted octanol–water partition coefficient (Wildman–Crippen LogP) is 3.16. The van der Waals surface area contributed by atoms with Gasteiger partial charge in [0.25, 0.3) is 5.91 Å². The van der Waals surface area contributed by atoms with Crippen LogP contribution in [0.5, 0.6) is 0 Å². The van der Waals surface area contributed by atoms with E-state index in [0.717, 1.165) is 25.3 Å². The van der Waals surface area contributed by atoms with Gasteiger partial charge in [-0.2, -0.15) is 0 Å². The number of aliphatic hydroxyl groups is 2. The highest BCUT2D eigenvalue weighted by molar-refractivity contribution is 6.27. The minimum atomic E-state index is -2.17. The largest absolute Gasteiger partial charge is 0.511 e. The molecule has 1 saturated heterocycles. The molecule has 1 amide bonds. The molecule has 4 N–H and O–H groups in total. The molecule has 1 heterocycles. The van der Waals surface area contributed by atoms with Gasteiger partial charge in [0.15, 0.2) is 11.4 Å². The van der Waals surface area contributed by atoms with Gasteiger partial charge in [0, 0.05) is 18.3 Å². The molecule has 0 bridgehead atoms. The molecule has 0 spiro atoms. The standard InChI is InChI=1S/C25H35NO6/c1-6-13(3)16-8-7-15-10-12(2)9-14(4)18(15)19(16)22(28)20-21(27)17(26-23(20)29)11-25(5,32)24(30)31/h6-8,12,14-19,28,32H,9-11H2,1-5H3,(H,26,29)(H,30,31)/b13-6+,22-20?. The average Bonchev–Trinajstić information content (AvgIpc) is 2.98. The van der Waals surface area contributed by atoms with Crippen LogP contribution in [0.2, 0.25) is 0 Å². The van der Waals surface area contributed by atoms with Crippen molar-refractivity contribution in [3.05, 3.63) is 35.1 Å². The molecule has 7 nitrogen and oxygen atoms in total. The molecule has 0 aromatic rings. The van der Waals surface area contributed by atoms with Crippen molar-refractivity contribution in [2.75, 3.05) is 0 Å². The smallest absolute Gasteiger partial charge is 0.335 e. The van der Waals surface area contributed by atoms with Crippen LogP contribution < -0.4 is 5.32 Å². The number of rotatable bonds is 5. The number of allylic oxidation sites excluding steroid dienone is 5. The molecule has 32 heavy (non-hydrogen) atoms. The molecule has 1 saturated carbocycles. The molecule has 3 aliphatic rings. The lowest BCUT2D eigenvalue weighted by atomic mass is 9.57. The van der Waals surface area contributed by atoms with Gasteiger partial charge in [0.2, 0.25) is 0 Å². The first-order chi connectivity index (χ1) is 14.9. The molecule has 3 rings (SSSR count). The number of carbonyl (C=O) groups is 3. The molecular formula is C25H35NO6. The maximum Gasteiger partial charge on any atom is 0.335 e. The van der Waals surface area contributed by atoms with E-state index in [-0.39, 0.29) is 29.1 Å². The Labute approximate surface area is 189 Å². The molecule has 176 valence electrons. The number of carboxylic acid groups (broad SMARTS) is 1. The fourth-order valence-electron chi connectivity index (χ4n) is 5.98. The van der Waals surface area contributed by atoms with E-state index < -0.39 is 41.6 Å². The van der Waals surface area contributed by atoms with E-state index >= 15 is 0 Å². The Balaban J connectivity index is 2.04. The number of hydrogen-bond acceptors (Lipinski definition) is 5. The van der Waals surface area contributed by atoms with Crippen LogP contribution in [-0.2, 0) is 14.4 Å². The van der Waals surface area contributed by atoms with E-state index in [1.807, 2.05) is 19.9 Å². The number of carboxylic acids is 1. The zero-order valence-corrected chi connectivity index (χ0v) is 19.5. The van der Waals surface area contributed by atoms with Crippen molar-refractivity contribution in [3.8, 4) is 0 Å².